The Labute approximate surface area is 189 Å². The number of nitrogens with zero attached hydrogens (tertiary/aromatic N) is 2. The van der Waals surface area contributed by atoms with E-state index < -0.39 is 5.60 Å². The van der Waals surface area contributed by atoms with Gasteiger partial charge in [-0.3, -0.25) is 0 Å². The summed E-state index contributed by atoms with van der Waals surface area (Å²) in [7, 11) is 0. The summed E-state index contributed by atoms with van der Waals surface area (Å²) >= 11 is 0. The van der Waals surface area contributed by atoms with E-state index in [0.717, 1.165) is 61.4 Å². The molecule has 6 rings (SSSR count). The maximum absolute atomic E-state index is 12.3. The summed E-state index contributed by atoms with van der Waals surface area (Å²) in [6.45, 7) is 4.57. The molecule has 166 valence electrons. The number of allylic oxidation sites excluding steroid dienone is 3. The molecule has 0 bridgehead atoms. The molecule has 1 heterocycles. The zero-order valence-corrected chi connectivity index (χ0v) is 19.0. The highest BCUT2D eigenvalue weighted by Crippen LogP contribution is 2.62. The van der Waals surface area contributed by atoms with Crippen LogP contribution < -0.4 is 0 Å². The van der Waals surface area contributed by atoms with Crippen LogP contribution in [0.4, 0.5) is 0 Å². The summed E-state index contributed by atoms with van der Waals surface area (Å²) in [6.07, 6.45) is 14.3. The lowest BCUT2D eigenvalue weighted by Gasteiger charge is -2.50. The number of rotatable bonds is 1. The van der Waals surface area contributed by atoms with Crippen molar-refractivity contribution in [1.82, 2.24) is 9.97 Å². The Morgan fingerprint density at radius 1 is 1.16 bits per heavy atom. The van der Waals surface area contributed by atoms with Crippen LogP contribution in [0.3, 0.4) is 0 Å². The van der Waals surface area contributed by atoms with Gasteiger partial charge in [0, 0.05) is 22.9 Å². The largest absolute Gasteiger partial charge is 0.393 e. The lowest BCUT2D eigenvalue weighted by molar-refractivity contribution is -0.0354. The van der Waals surface area contributed by atoms with Crippen molar-refractivity contribution in [3.05, 3.63) is 65.2 Å². The van der Waals surface area contributed by atoms with Crippen LogP contribution in [0.5, 0.6) is 0 Å². The highest BCUT2D eigenvalue weighted by Gasteiger charge is 2.57. The van der Waals surface area contributed by atoms with Crippen LogP contribution in [0.15, 0.2) is 59.6 Å². The van der Waals surface area contributed by atoms with Gasteiger partial charge in [-0.25, -0.2) is 9.97 Å². The molecule has 32 heavy (non-hydrogen) atoms. The second kappa shape index (κ2) is 7.10. The zero-order valence-electron chi connectivity index (χ0n) is 19.0. The fraction of sp³-hybridized carbons (Fsp3) is 0.500. The predicted molar refractivity (Wildman–Crippen MR) is 127 cm³/mol. The molecule has 0 aliphatic heterocycles. The third-order valence-electron chi connectivity index (χ3n) is 8.94. The van der Waals surface area contributed by atoms with E-state index in [2.05, 4.69) is 54.2 Å². The minimum atomic E-state index is -0.802. The third kappa shape index (κ3) is 2.89. The molecule has 5 atom stereocenters. The smallest absolute Gasteiger partial charge is 0.116 e. The quantitative estimate of drug-likeness (QED) is 0.641. The molecule has 4 aliphatic rings. The van der Waals surface area contributed by atoms with Gasteiger partial charge in [-0.05, 0) is 80.6 Å². The molecule has 0 amide bonds. The lowest BCUT2D eigenvalue weighted by atomic mass is 9.56. The Hall–Kier alpha value is -2.30. The fourth-order valence-corrected chi connectivity index (χ4v) is 7.41. The van der Waals surface area contributed by atoms with E-state index in [-0.39, 0.29) is 17.4 Å². The van der Waals surface area contributed by atoms with E-state index in [9.17, 15) is 10.2 Å². The minimum Gasteiger partial charge on any atom is -0.393 e. The lowest BCUT2D eigenvalue weighted by Crippen LogP contribution is -2.49. The molecule has 1 saturated carbocycles. The number of hydrogen-bond donors (Lipinski definition) is 2. The van der Waals surface area contributed by atoms with Gasteiger partial charge >= 0.3 is 0 Å². The number of aromatic nitrogens is 2. The van der Waals surface area contributed by atoms with Gasteiger partial charge in [0.25, 0.3) is 0 Å². The molecule has 1 aromatic carbocycles. The van der Waals surface area contributed by atoms with Crippen molar-refractivity contribution in [3.63, 3.8) is 0 Å². The van der Waals surface area contributed by atoms with Gasteiger partial charge in [-0.15, -0.1) is 0 Å². The molecular formula is C28H32N2O2. The van der Waals surface area contributed by atoms with Crippen molar-refractivity contribution in [2.75, 3.05) is 0 Å². The van der Waals surface area contributed by atoms with Gasteiger partial charge in [0.05, 0.1) is 17.2 Å². The van der Waals surface area contributed by atoms with E-state index in [1.165, 1.54) is 22.3 Å². The molecule has 4 nitrogen and oxygen atoms in total. The molecule has 4 unspecified atom stereocenters. The van der Waals surface area contributed by atoms with Crippen LogP contribution in [0.1, 0.15) is 64.4 Å². The molecule has 0 spiro atoms. The van der Waals surface area contributed by atoms with Crippen LogP contribution in [-0.4, -0.2) is 31.9 Å². The SMILES string of the molecule is CC1=C2C=C3CC(O)CCC3CC[C@]2(O)C2CC=C(c3ccc4cncnc4c3)C2(C)C1. The first kappa shape index (κ1) is 20.3. The Kier molecular flexibility index (Phi) is 4.51. The van der Waals surface area contributed by atoms with Gasteiger partial charge < -0.3 is 10.2 Å². The molecule has 4 heteroatoms. The van der Waals surface area contributed by atoms with Gasteiger partial charge in [-0.2, -0.15) is 0 Å². The predicted octanol–water partition coefficient (Wildman–Crippen LogP) is 5.37. The van der Waals surface area contributed by atoms with Crippen molar-refractivity contribution in [2.45, 2.75) is 70.5 Å². The van der Waals surface area contributed by atoms with Crippen molar-refractivity contribution < 1.29 is 10.2 Å². The number of fused-ring (bicyclic) bond motifs is 5. The topological polar surface area (TPSA) is 66.2 Å². The summed E-state index contributed by atoms with van der Waals surface area (Å²) in [4.78, 5) is 8.61. The zero-order chi connectivity index (χ0) is 22.1. The Balaban J connectivity index is 1.42. The molecule has 0 saturated heterocycles. The first-order valence-corrected chi connectivity index (χ1v) is 12.1. The maximum atomic E-state index is 12.3. The summed E-state index contributed by atoms with van der Waals surface area (Å²) in [5, 5.41) is 23.6. The molecule has 1 aromatic heterocycles. The highest BCUT2D eigenvalue weighted by molar-refractivity contribution is 5.84. The van der Waals surface area contributed by atoms with Crippen molar-refractivity contribution in [1.29, 1.82) is 0 Å². The van der Waals surface area contributed by atoms with Crippen LogP contribution in [-0.2, 0) is 0 Å². The number of hydrogen-bond acceptors (Lipinski definition) is 4. The van der Waals surface area contributed by atoms with E-state index >= 15 is 0 Å². The van der Waals surface area contributed by atoms with Crippen LogP contribution in [0.2, 0.25) is 0 Å². The molecule has 4 aliphatic carbocycles. The Morgan fingerprint density at radius 3 is 2.91 bits per heavy atom. The summed E-state index contributed by atoms with van der Waals surface area (Å²) in [6, 6.07) is 6.48. The molecule has 1 fully saturated rings. The average Bonchev–Trinajstić information content (AvgIpc) is 3.05. The van der Waals surface area contributed by atoms with E-state index in [1.54, 1.807) is 6.33 Å². The summed E-state index contributed by atoms with van der Waals surface area (Å²) in [5.74, 6) is 0.681. The Morgan fingerprint density at radius 2 is 2.03 bits per heavy atom. The fourth-order valence-electron chi connectivity index (χ4n) is 7.41. The van der Waals surface area contributed by atoms with Gasteiger partial charge in [-0.1, -0.05) is 42.4 Å². The molecule has 2 aromatic rings. The molecule has 2 N–H and O–H groups in total. The Bertz CT molecular complexity index is 1190. The monoisotopic (exact) mass is 428 g/mol. The standard InChI is InChI=1S/C28H32N2O2/c1-17-14-27(2)23(19-3-4-20-15-29-16-30-25(20)13-19)7-8-26(27)28(32)10-9-18-5-6-22(31)11-21(18)12-24(17)28/h3-4,7,12-13,15-16,18,22,26,31-32H,5-6,8-11,14H2,1-2H3/t18?,22?,26?,27?,28-/m1/s1. The van der Waals surface area contributed by atoms with Gasteiger partial charge in [0.1, 0.15) is 6.33 Å². The average molecular weight is 429 g/mol. The third-order valence-corrected chi connectivity index (χ3v) is 8.94. The number of aliphatic hydroxyl groups excluding tert-OH is 1. The van der Waals surface area contributed by atoms with Crippen molar-refractivity contribution in [2.24, 2.45) is 17.3 Å². The van der Waals surface area contributed by atoms with E-state index in [0.29, 0.717) is 5.92 Å². The van der Waals surface area contributed by atoms with E-state index in [4.69, 9.17) is 0 Å². The van der Waals surface area contributed by atoms with Crippen LogP contribution in [0.25, 0.3) is 16.5 Å². The minimum absolute atomic E-state index is 0.101. The number of benzene rings is 1. The van der Waals surface area contributed by atoms with E-state index in [1.807, 2.05) is 6.20 Å². The second-order valence-electron chi connectivity index (χ2n) is 10.8. The molecular weight excluding hydrogens is 396 g/mol. The maximum Gasteiger partial charge on any atom is 0.116 e. The van der Waals surface area contributed by atoms with Crippen LogP contribution in [0, 0.1) is 17.3 Å². The van der Waals surface area contributed by atoms with Gasteiger partial charge in [0.2, 0.25) is 0 Å². The van der Waals surface area contributed by atoms with Crippen LogP contribution >= 0.6 is 0 Å². The number of aliphatic hydroxyl groups is 2. The second-order valence-corrected chi connectivity index (χ2v) is 10.8. The highest BCUT2D eigenvalue weighted by atomic mass is 16.3. The van der Waals surface area contributed by atoms with Gasteiger partial charge in [0.15, 0.2) is 0 Å². The normalized spacial score (nSPS) is 36.7. The summed E-state index contributed by atoms with van der Waals surface area (Å²) < 4.78 is 0. The first-order valence-electron chi connectivity index (χ1n) is 12.1. The first-order chi connectivity index (χ1) is 15.4. The van der Waals surface area contributed by atoms with Crippen molar-refractivity contribution >= 4 is 16.5 Å². The van der Waals surface area contributed by atoms with Crippen molar-refractivity contribution in [3.8, 4) is 0 Å². The molecule has 0 radical (unpaired) electrons. The summed E-state index contributed by atoms with van der Waals surface area (Å²) in [5.41, 5.74) is 6.43.